The van der Waals surface area contributed by atoms with E-state index in [1.807, 2.05) is 0 Å². The van der Waals surface area contributed by atoms with Crippen LogP contribution in [-0.4, -0.2) is 48.2 Å². The minimum Gasteiger partial charge on any atom is -0.345 e. The molecule has 0 rings (SSSR count). The van der Waals surface area contributed by atoms with Crippen molar-refractivity contribution in [3.8, 4) is 0 Å². The molecule has 0 heterocycles. The van der Waals surface area contributed by atoms with Gasteiger partial charge < -0.3 is 26.5 Å². The van der Waals surface area contributed by atoms with E-state index in [1.165, 1.54) is 27.7 Å². The Labute approximate surface area is 117 Å². The Morgan fingerprint density at radius 1 is 0.850 bits per heavy atom. The van der Waals surface area contributed by atoms with Gasteiger partial charge in [0, 0.05) is 0 Å². The summed E-state index contributed by atoms with van der Waals surface area (Å²) >= 11 is 0. The van der Waals surface area contributed by atoms with Gasteiger partial charge in [-0.1, -0.05) is 0 Å². The Morgan fingerprint density at radius 3 is 1.65 bits per heavy atom. The Bertz CT molecular complexity index is 384. The number of rotatable bonds is 7. The van der Waals surface area contributed by atoms with Gasteiger partial charge >= 0.3 is 0 Å². The van der Waals surface area contributed by atoms with Crippen molar-refractivity contribution in [1.29, 1.82) is 0 Å². The first kappa shape index (κ1) is 18.0. The second-order valence-electron chi connectivity index (χ2n) is 4.68. The van der Waals surface area contributed by atoms with E-state index in [0.717, 1.165) is 0 Å². The van der Waals surface area contributed by atoms with Crippen LogP contribution in [0.1, 0.15) is 27.7 Å². The molecule has 0 aromatic carbocycles. The maximum absolute atomic E-state index is 11.8. The van der Waals surface area contributed by atoms with Crippen LogP contribution in [0, 0.1) is 0 Å². The maximum Gasteiger partial charge on any atom is 0.242 e. The molecule has 4 atom stereocenters. The summed E-state index contributed by atoms with van der Waals surface area (Å²) in [6.07, 6.45) is 0.581. The summed E-state index contributed by atoms with van der Waals surface area (Å²) in [7, 11) is 0. The zero-order valence-electron chi connectivity index (χ0n) is 12.1. The van der Waals surface area contributed by atoms with E-state index in [1.54, 1.807) is 0 Å². The minimum absolute atomic E-state index is 0.459. The quantitative estimate of drug-likeness (QED) is 0.404. The van der Waals surface area contributed by atoms with Gasteiger partial charge in [0.15, 0.2) is 0 Å². The molecule has 8 nitrogen and oxygen atoms in total. The number of nitrogens with two attached hydrogens (primary N) is 1. The number of aldehydes is 1. The first-order chi connectivity index (χ1) is 9.18. The molecular weight excluding hydrogens is 264 g/mol. The predicted molar refractivity (Wildman–Crippen MR) is 72.5 cm³/mol. The van der Waals surface area contributed by atoms with Gasteiger partial charge in [0.05, 0.1) is 12.1 Å². The fourth-order valence-electron chi connectivity index (χ4n) is 1.20. The highest BCUT2D eigenvalue weighted by Gasteiger charge is 2.22. The Morgan fingerprint density at radius 2 is 1.25 bits per heavy atom. The van der Waals surface area contributed by atoms with Crippen LogP contribution in [0.2, 0.25) is 0 Å². The van der Waals surface area contributed by atoms with Gasteiger partial charge in [0.25, 0.3) is 0 Å². The number of hydrogen-bond donors (Lipinski definition) is 4. The lowest BCUT2D eigenvalue weighted by Crippen LogP contribution is -2.54. The van der Waals surface area contributed by atoms with E-state index >= 15 is 0 Å². The molecule has 0 spiro atoms. The molecule has 0 aromatic rings. The summed E-state index contributed by atoms with van der Waals surface area (Å²) in [6, 6.07) is -2.98. The van der Waals surface area contributed by atoms with Crippen LogP contribution in [0.25, 0.3) is 0 Å². The third-order valence-corrected chi connectivity index (χ3v) is 2.49. The average Bonchev–Trinajstić information content (AvgIpc) is 2.37. The van der Waals surface area contributed by atoms with Crippen LogP contribution in [0.4, 0.5) is 0 Å². The summed E-state index contributed by atoms with van der Waals surface area (Å²) in [5, 5.41) is 7.25. The van der Waals surface area contributed by atoms with Gasteiger partial charge in [-0.2, -0.15) is 0 Å². The fourth-order valence-corrected chi connectivity index (χ4v) is 1.20. The molecule has 0 aliphatic heterocycles. The molecule has 0 aliphatic carbocycles. The van der Waals surface area contributed by atoms with Crippen molar-refractivity contribution in [2.75, 3.05) is 0 Å². The highest BCUT2D eigenvalue weighted by molar-refractivity contribution is 5.93. The molecule has 0 radical (unpaired) electrons. The predicted octanol–water partition coefficient (Wildman–Crippen LogP) is -1.95. The largest absolute Gasteiger partial charge is 0.345 e. The second-order valence-corrected chi connectivity index (χ2v) is 4.68. The third-order valence-electron chi connectivity index (χ3n) is 2.49. The third kappa shape index (κ3) is 6.28. The lowest BCUT2D eigenvalue weighted by Gasteiger charge is -2.19. The Kier molecular flexibility index (Phi) is 7.45. The lowest BCUT2D eigenvalue weighted by atomic mass is 10.2. The monoisotopic (exact) mass is 286 g/mol. The van der Waals surface area contributed by atoms with Crippen LogP contribution in [0.3, 0.4) is 0 Å². The lowest BCUT2D eigenvalue weighted by molar-refractivity contribution is -0.132. The van der Waals surface area contributed by atoms with Gasteiger partial charge in [-0.15, -0.1) is 0 Å². The summed E-state index contributed by atoms with van der Waals surface area (Å²) in [6.45, 7) is 5.97. The van der Waals surface area contributed by atoms with E-state index in [0.29, 0.717) is 6.29 Å². The van der Waals surface area contributed by atoms with Crippen LogP contribution in [0.5, 0.6) is 0 Å². The molecule has 0 aliphatic rings. The van der Waals surface area contributed by atoms with Crippen molar-refractivity contribution in [2.45, 2.75) is 51.9 Å². The SMILES string of the molecule is C[C@H](N)C(=O)N[C@@H](C)C(=O)N[C@@H](C)C(=O)N[C@@H](C)C=O. The minimum atomic E-state index is -0.820. The van der Waals surface area contributed by atoms with Crippen LogP contribution in [0.15, 0.2) is 0 Å². The number of carbonyl (C=O) groups is 4. The zero-order chi connectivity index (χ0) is 15.9. The van der Waals surface area contributed by atoms with Crippen LogP contribution in [-0.2, 0) is 19.2 Å². The van der Waals surface area contributed by atoms with Gasteiger partial charge in [0.1, 0.15) is 18.4 Å². The number of carbonyl (C=O) groups excluding carboxylic acids is 4. The molecule has 114 valence electrons. The summed E-state index contributed by atoms with van der Waals surface area (Å²) in [5.41, 5.74) is 5.36. The van der Waals surface area contributed by atoms with E-state index < -0.39 is 41.9 Å². The van der Waals surface area contributed by atoms with Crippen molar-refractivity contribution < 1.29 is 19.2 Å². The van der Waals surface area contributed by atoms with Crippen LogP contribution < -0.4 is 21.7 Å². The van der Waals surface area contributed by atoms with E-state index in [-0.39, 0.29) is 0 Å². The molecule has 0 unspecified atom stereocenters. The van der Waals surface area contributed by atoms with Crippen molar-refractivity contribution >= 4 is 24.0 Å². The topological polar surface area (TPSA) is 130 Å². The fraction of sp³-hybridized carbons (Fsp3) is 0.667. The number of hydrogen-bond acceptors (Lipinski definition) is 5. The molecule has 5 N–H and O–H groups in total. The molecule has 8 heteroatoms. The van der Waals surface area contributed by atoms with E-state index in [4.69, 9.17) is 5.73 Å². The van der Waals surface area contributed by atoms with Crippen molar-refractivity contribution in [2.24, 2.45) is 5.73 Å². The van der Waals surface area contributed by atoms with Crippen molar-refractivity contribution in [3.05, 3.63) is 0 Å². The van der Waals surface area contributed by atoms with Crippen LogP contribution >= 0.6 is 0 Å². The van der Waals surface area contributed by atoms with Gasteiger partial charge in [-0.25, -0.2) is 0 Å². The highest BCUT2D eigenvalue weighted by Crippen LogP contribution is 1.90. The standard InChI is InChI=1S/C12H22N4O4/c1-6(5-17)14-11(19)8(3)16-12(20)9(4)15-10(18)7(2)13/h5-9H,13H2,1-4H3,(H,14,19)(H,15,18)(H,16,20)/t6-,7-,8-,9-/m0/s1. The molecule has 0 aromatic heterocycles. The molecular formula is C12H22N4O4. The normalized spacial score (nSPS) is 16.2. The molecule has 0 saturated heterocycles. The average molecular weight is 286 g/mol. The highest BCUT2D eigenvalue weighted by atomic mass is 16.2. The van der Waals surface area contributed by atoms with Crippen molar-refractivity contribution in [3.63, 3.8) is 0 Å². The smallest absolute Gasteiger partial charge is 0.242 e. The van der Waals surface area contributed by atoms with Crippen molar-refractivity contribution in [1.82, 2.24) is 16.0 Å². The van der Waals surface area contributed by atoms with E-state index in [9.17, 15) is 19.2 Å². The Hall–Kier alpha value is -1.96. The second kappa shape index (κ2) is 8.26. The zero-order valence-corrected chi connectivity index (χ0v) is 12.1. The first-order valence-electron chi connectivity index (χ1n) is 6.31. The van der Waals surface area contributed by atoms with E-state index in [2.05, 4.69) is 16.0 Å². The van der Waals surface area contributed by atoms with Gasteiger partial charge in [-0.3, -0.25) is 14.4 Å². The molecule has 20 heavy (non-hydrogen) atoms. The molecule has 0 bridgehead atoms. The Balaban J connectivity index is 4.34. The molecule has 0 saturated carbocycles. The molecule has 3 amide bonds. The maximum atomic E-state index is 11.8. The number of amides is 3. The summed E-state index contributed by atoms with van der Waals surface area (Å²) in [5.74, 6) is -1.46. The van der Waals surface area contributed by atoms with Gasteiger partial charge in [0.2, 0.25) is 17.7 Å². The summed E-state index contributed by atoms with van der Waals surface area (Å²) in [4.78, 5) is 45.1. The first-order valence-corrected chi connectivity index (χ1v) is 6.31. The molecule has 0 fully saturated rings. The number of nitrogens with one attached hydrogen (secondary N) is 3. The summed E-state index contributed by atoms with van der Waals surface area (Å²) < 4.78 is 0. The van der Waals surface area contributed by atoms with Gasteiger partial charge in [-0.05, 0) is 27.7 Å².